The molecule has 0 radical (unpaired) electrons. The minimum atomic E-state index is -3.86. The molecule has 36 heavy (non-hydrogen) atoms. The van der Waals surface area contributed by atoms with Crippen molar-refractivity contribution in [2.24, 2.45) is 0 Å². The van der Waals surface area contributed by atoms with Crippen molar-refractivity contribution in [3.05, 3.63) is 63.1 Å². The van der Waals surface area contributed by atoms with Gasteiger partial charge in [0.25, 0.3) is 0 Å². The number of carbonyl (C=O) groups excluding carboxylic acids is 2. The summed E-state index contributed by atoms with van der Waals surface area (Å²) in [6.07, 6.45) is 6.04. The highest BCUT2D eigenvalue weighted by Gasteiger charge is 2.31. The van der Waals surface area contributed by atoms with Crippen molar-refractivity contribution in [1.82, 2.24) is 10.2 Å². The number of rotatable bonds is 9. The summed E-state index contributed by atoms with van der Waals surface area (Å²) in [6, 6.07) is 10.5. The second-order valence-electron chi connectivity index (χ2n) is 9.01. The van der Waals surface area contributed by atoms with E-state index in [1.165, 1.54) is 11.0 Å². The molecule has 0 bridgehead atoms. The van der Waals surface area contributed by atoms with Gasteiger partial charge in [0.15, 0.2) is 0 Å². The van der Waals surface area contributed by atoms with Crippen molar-refractivity contribution < 1.29 is 18.0 Å². The maximum Gasteiger partial charge on any atom is 0.244 e. The van der Waals surface area contributed by atoms with Crippen molar-refractivity contribution in [2.45, 2.75) is 57.7 Å². The first kappa shape index (κ1) is 28.6. The lowest BCUT2D eigenvalue weighted by Gasteiger charge is -2.33. The number of hydrogen-bond donors (Lipinski definition) is 1. The predicted molar refractivity (Wildman–Crippen MR) is 145 cm³/mol. The monoisotopic (exact) mass is 573 g/mol. The molecule has 0 aliphatic heterocycles. The summed E-state index contributed by atoms with van der Waals surface area (Å²) in [5, 5.41) is 3.92. The number of sulfonamides is 1. The van der Waals surface area contributed by atoms with Crippen LogP contribution in [-0.2, 0) is 26.2 Å². The fraction of sp³-hybridized carbons (Fsp3) is 0.440. The number of nitrogens with one attached hydrogen (secondary N) is 1. The van der Waals surface area contributed by atoms with Crippen molar-refractivity contribution in [1.29, 1.82) is 0 Å². The normalized spacial score (nSPS) is 15.2. The van der Waals surface area contributed by atoms with Gasteiger partial charge in [-0.15, -0.1) is 0 Å². The van der Waals surface area contributed by atoms with Gasteiger partial charge in [0, 0.05) is 12.6 Å². The van der Waals surface area contributed by atoms with Crippen LogP contribution in [0.5, 0.6) is 0 Å². The number of para-hydroxylation sites is 1. The third-order valence-corrected chi connectivity index (χ3v) is 8.44. The minimum absolute atomic E-state index is 0.0368. The zero-order valence-corrected chi connectivity index (χ0v) is 23.3. The molecule has 1 aliphatic rings. The maximum atomic E-state index is 13.6. The van der Waals surface area contributed by atoms with Gasteiger partial charge in [0.2, 0.25) is 21.8 Å². The fourth-order valence-electron chi connectivity index (χ4n) is 4.23. The Balaban J connectivity index is 1.90. The molecule has 3 rings (SSSR count). The molecule has 196 valence electrons. The van der Waals surface area contributed by atoms with Crippen LogP contribution in [0.3, 0.4) is 0 Å². The Morgan fingerprint density at radius 1 is 1.00 bits per heavy atom. The SMILES string of the molecule is C[C@H](C(=O)NC1CCCCC1)N(Cc1ccc(Cl)c(Cl)c1)C(=O)CN(c1ccccc1Cl)S(C)(=O)=O. The van der Waals surface area contributed by atoms with Gasteiger partial charge in [-0.2, -0.15) is 0 Å². The predicted octanol–water partition coefficient (Wildman–Crippen LogP) is 5.28. The number of halogens is 3. The van der Waals surface area contributed by atoms with Crippen LogP contribution in [0.15, 0.2) is 42.5 Å². The van der Waals surface area contributed by atoms with Crippen molar-refractivity contribution in [3.8, 4) is 0 Å². The quantitative estimate of drug-likeness (QED) is 0.442. The Morgan fingerprint density at radius 2 is 1.67 bits per heavy atom. The molecule has 0 spiro atoms. The molecular formula is C25H30Cl3N3O4S. The van der Waals surface area contributed by atoms with E-state index in [2.05, 4.69) is 5.32 Å². The summed E-state index contributed by atoms with van der Waals surface area (Å²) >= 11 is 18.5. The summed E-state index contributed by atoms with van der Waals surface area (Å²) in [7, 11) is -3.86. The second kappa shape index (κ2) is 12.5. The molecular weight excluding hydrogens is 545 g/mol. The number of benzene rings is 2. The number of carbonyl (C=O) groups is 2. The first-order chi connectivity index (χ1) is 17.0. The summed E-state index contributed by atoms with van der Waals surface area (Å²) in [6.45, 7) is 1.15. The Kier molecular flexibility index (Phi) is 9.92. The van der Waals surface area contributed by atoms with Gasteiger partial charge in [-0.1, -0.05) is 72.3 Å². The highest BCUT2D eigenvalue weighted by Crippen LogP contribution is 2.28. The van der Waals surface area contributed by atoms with Crippen LogP contribution >= 0.6 is 34.8 Å². The molecule has 2 aromatic carbocycles. The topological polar surface area (TPSA) is 86.8 Å². The highest BCUT2D eigenvalue weighted by molar-refractivity contribution is 7.92. The standard InChI is InChI=1S/C25H30Cl3N3O4S/c1-17(25(33)29-19-8-4-3-5-9-19)30(15-18-12-13-20(26)22(28)14-18)24(32)16-31(36(2,34)35)23-11-7-6-10-21(23)27/h6-7,10-14,17,19H,3-5,8-9,15-16H2,1-2H3,(H,29,33)/t17-/m1/s1. The molecule has 1 saturated carbocycles. The first-order valence-corrected chi connectivity index (χ1v) is 14.7. The number of hydrogen-bond acceptors (Lipinski definition) is 4. The van der Waals surface area contributed by atoms with Crippen LogP contribution in [0.4, 0.5) is 5.69 Å². The Bertz CT molecular complexity index is 1200. The third kappa shape index (κ3) is 7.51. The van der Waals surface area contributed by atoms with Gasteiger partial charge in [-0.3, -0.25) is 13.9 Å². The lowest BCUT2D eigenvalue weighted by molar-refractivity contribution is -0.139. The average Bonchev–Trinajstić information content (AvgIpc) is 2.83. The Morgan fingerprint density at radius 3 is 2.28 bits per heavy atom. The van der Waals surface area contributed by atoms with Crippen LogP contribution in [0.2, 0.25) is 15.1 Å². The van der Waals surface area contributed by atoms with E-state index in [1.807, 2.05) is 0 Å². The van der Waals surface area contributed by atoms with Crippen LogP contribution in [0, 0.1) is 0 Å². The van der Waals surface area contributed by atoms with E-state index in [0.29, 0.717) is 15.6 Å². The molecule has 0 heterocycles. The molecule has 2 amide bonds. The Labute approximate surface area is 227 Å². The second-order valence-corrected chi connectivity index (χ2v) is 12.1. The molecule has 11 heteroatoms. The smallest absolute Gasteiger partial charge is 0.244 e. The zero-order chi connectivity index (χ0) is 26.5. The van der Waals surface area contributed by atoms with E-state index in [1.54, 1.807) is 43.3 Å². The third-order valence-electron chi connectivity index (χ3n) is 6.26. The summed E-state index contributed by atoms with van der Waals surface area (Å²) in [5.41, 5.74) is 0.836. The van der Waals surface area contributed by atoms with E-state index >= 15 is 0 Å². The van der Waals surface area contributed by atoms with Crippen molar-refractivity contribution >= 4 is 62.3 Å². The highest BCUT2D eigenvalue weighted by atomic mass is 35.5. The van der Waals surface area contributed by atoms with Gasteiger partial charge < -0.3 is 10.2 Å². The number of anilines is 1. The van der Waals surface area contributed by atoms with Gasteiger partial charge in [-0.05, 0) is 49.6 Å². The van der Waals surface area contributed by atoms with Gasteiger partial charge in [0.1, 0.15) is 12.6 Å². The average molecular weight is 575 g/mol. The van der Waals surface area contributed by atoms with Crippen LogP contribution in [0.1, 0.15) is 44.6 Å². The van der Waals surface area contributed by atoms with Crippen molar-refractivity contribution in [2.75, 3.05) is 17.1 Å². The molecule has 1 aliphatic carbocycles. The molecule has 1 fully saturated rings. The largest absolute Gasteiger partial charge is 0.352 e. The summed E-state index contributed by atoms with van der Waals surface area (Å²) < 4.78 is 26.2. The zero-order valence-electron chi connectivity index (χ0n) is 20.2. The molecule has 7 nitrogen and oxygen atoms in total. The van der Waals surface area contributed by atoms with Gasteiger partial charge in [0.05, 0.1) is 27.0 Å². The van der Waals surface area contributed by atoms with Gasteiger partial charge >= 0.3 is 0 Å². The van der Waals surface area contributed by atoms with Crippen LogP contribution in [-0.4, -0.2) is 50.0 Å². The molecule has 0 aromatic heterocycles. The molecule has 1 N–H and O–H groups in total. The summed E-state index contributed by atoms with van der Waals surface area (Å²) in [5.74, 6) is -0.850. The van der Waals surface area contributed by atoms with E-state index in [0.717, 1.165) is 42.7 Å². The molecule has 0 saturated heterocycles. The number of nitrogens with zero attached hydrogens (tertiary/aromatic N) is 2. The minimum Gasteiger partial charge on any atom is -0.352 e. The van der Waals surface area contributed by atoms with E-state index in [4.69, 9.17) is 34.8 Å². The van der Waals surface area contributed by atoms with Gasteiger partial charge in [-0.25, -0.2) is 8.42 Å². The van der Waals surface area contributed by atoms with Crippen LogP contribution < -0.4 is 9.62 Å². The van der Waals surface area contributed by atoms with E-state index in [9.17, 15) is 18.0 Å². The molecule has 2 aromatic rings. The fourth-order valence-corrected chi connectivity index (χ4v) is 5.70. The van der Waals surface area contributed by atoms with Crippen molar-refractivity contribution in [3.63, 3.8) is 0 Å². The Hall–Kier alpha value is -2.00. The maximum absolute atomic E-state index is 13.6. The lowest BCUT2D eigenvalue weighted by Crippen LogP contribution is -2.53. The lowest BCUT2D eigenvalue weighted by atomic mass is 9.95. The summed E-state index contributed by atoms with van der Waals surface area (Å²) in [4.78, 5) is 28.1. The first-order valence-electron chi connectivity index (χ1n) is 11.7. The van der Waals surface area contributed by atoms with E-state index < -0.39 is 28.5 Å². The van der Waals surface area contributed by atoms with E-state index in [-0.39, 0.29) is 29.2 Å². The van der Waals surface area contributed by atoms with Crippen LogP contribution in [0.25, 0.3) is 0 Å². The molecule has 1 atom stereocenters. The molecule has 0 unspecified atom stereocenters. The number of amides is 2.